The fraction of sp³-hybridized carbons (Fsp3) is 0.258. The van der Waals surface area contributed by atoms with E-state index < -0.39 is 0 Å². The molecule has 4 aromatic rings. The van der Waals surface area contributed by atoms with E-state index in [9.17, 15) is 9.59 Å². The quantitative estimate of drug-likeness (QED) is 0.265. The average molecular weight is 544 g/mol. The number of benzene rings is 3. The van der Waals surface area contributed by atoms with E-state index in [1.165, 1.54) is 16.9 Å². The number of hydrogen-bond acceptors (Lipinski definition) is 4. The van der Waals surface area contributed by atoms with E-state index in [-0.39, 0.29) is 17.7 Å². The lowest BCUT2D eigenvalue weighted by molar-refractivity contribution is -0.132. The number of amides is 2. The predicted octanol–water partition coefficient (Wildman–Crippen LogP) is 7.36. The molecule has 0 unspecified atom stereocenters. The van der Waals surface area contributed by atoms with Crippen LogP contribution in [0.2, 0.25) is 5.02 Å². The van der Waals surface area contributed by atoms with Gasteiger partial charge in [0.25, 0.3) is 5.91 Å². The van der Waals surface area contributed by atoms with Crippen LogP contribution in [-0.2, 0) is 11.2 Å². The first-order valence-corrected chi connectivity index (χ1v) is 14.2. The summed E-state index contributed by atoms with van der Waals surface area (Å²) >= 11 is 7.58. The molecule has 1 aliphatic rings. The summed E-state index contributed by atoms with van der Waals surface area (Å²) < 4.78 is 0. The largest absolute Gasteiger partial charge is 0.343 e. The maximum Gasteiger partial charge on any atom is 0.275 e. The summed E-state index contributed by atoms with van der Waals surface area (Å²) in [7, 11) is 0. The van der Waals surface area contributed by atoms with Gasteiger partial charge in [-0.1, -0.05) is 71.8 Å². The van der Waals surface area contributed by atoms with Crippen LogP contribution in [0.5, 0.6) is 0 Å². The Morgan fingerprint density at radius 3 is 2.55 bits per heavy atom. The normalized spacial score (nSPS) is 13.9. The Labute approximate surface area is 232 Å². The standard InChI is InChI=1S/C31H30ClN3O2S/c1-21-9-12-23(13-10-21)26-7-2-3-8-27(26)33-30(37)28-20-38-31(34-28)24-15-17-35(18-16-24)29(36)14-11-22-5-4-6-25(32)19-22/h2-10,12-13,19-20,24H,11,14-18H2,1H3,(H,33,37). The van der Waals surface area contributed by atoms with Gasteiger partial charge in [-0.25, -0.2) is 4.98 Å². The molecule has 0 radical (unpaired) electrons. The van der Waals surface area contributed by atoms with Crippen LogP contribution in [0, 0.1) is 6.92 Å². The number of carbonyl (C=O) groups is 2. The number of anilines is 1. The molecular formula is C31H30ClN3O2S. The van der Waals surface area contributed by atoms with Crippen molar-refractivity contribution in [2.24, 2.45) is 0 Å². The van der Waals surface area contributed by atoms with Gasteiger partial charge in [-0.15, -0.1) is 11.3 Å². The second-order valence-corrected chi connectivity index (χ2v) is 11.0. The smallest absolute Gasteiger partial charge is 0.275 e. The zero-order valence-electron chi connectivity index (χ0n) is 21.3. The number of piperidine rings is 1. The lowest BCUT2D eigenvalue weighted by Gasteiger charge is -2.31. The van der Waals surface area contributed by atoms with Crippen molar-refractivity contribution in [3.05, 3.63) is 105 Å². The molecule has 0 atom stereocenters. The van der Waals surface area contributed by atoms with E-state index in [1.54, 1.807) is 0 Å². The van der Waals surface area contributed by atoms with Crippen LogP contribution in [0.3, 0.4) is 0 Å². The minimum atomic E-state index is -0.208. The Bertz CT molecular complexity index is 1430. The highest BCUT2D eigenvalue weighted by Crippen LogP contribution is 2.32. The molecule has 7 heteroatoms. The van der Waals surface area contributed by atoms with Crippen molar-refractivity contribution in [3.63, 3.8) is 0 Å². The topological polar surface area (TPSA) is 62.3 Å². The molecule has 5 rings (SSSR count). The Morgan fingerprint density at radius 2 is 1.79 bits per heavy atom. The molecule has 194 valence electrons. The Kier molecular flexibility index (Phi) is 8.20. The molecule has 38 heavy (non-hydrogen) atoms. The van der Waals surface area contributed by atoms with Crippen LogP contribution in [0.25, 0.3) is 11.1 Å². The van der Waals surface area contributed by atoms with Crippen molar-refractivity contribution in [2.45, 2.75) is 38.5 Å². The number of hydrogen-bond donors (Lipinski definition) is 1. The fourth-order valence-corrected chi connectivity index (χ4v) is 6.00. The third-order valence-electron chi connectivity index (χ3n) is 7.01. The van der Waals surface area contributed by atoms with Gasteiger partial charge in [0, 0.05) is 47.1 Å². The van der Waals surface area contributed by atoms with E-state index in [0.717, 1.165) is 40.2 Å². The van der Waals surface area contributed by atoms with Gasteiger partial charge in [0.05, 0.1) is 5.01 Å². The van der Waals surface area contributed by atoms with Crippen LogP contribution in [0.1, 0.15) is 51.8 Å². The minimum absolute atomic E-state index is 0.176. The number of rotatable bonds is 7. The van der Waals surface area contributed by atoms with E-state index in [1.807, 2.05) is 58.8 Å². The number of halogens is 1. The van der Waals surface area contributed by atoms with Gasteiger partial charge in [0.2, 0.25) is 5.91 Å². The van der Waals surface area contributed by atoms with Crippen LogP contribution >= 0.6 is 22.9 Å². The first-order chi connectivity index (χ1) is 18.5. The number of thiazole rings is 1. The van der Waals surface area contributed by atoms with Gasteiger partial charge in [-0.05, 0) is 55.5 Å². The van der Waals surface area contributed by atoms with Crippen LogP contribution in [0.4, 0.5) is 5.69 Å². The summed E-state index contributed by atoms with van der Waals surface area (Å²) in [5.41, 5.74) is 5.50. The van der Waals surface area contributed by atoms with Gasteiger partial charge in [0.15, 0.2) is 0 Å². The average Bonchev–Trinajstić information content (AvgIpc) is 3.43. The van der Waals surface area contributed by atoms with Gasteiger partial charge in [-0.2, -0.15) is 0 Å². The van der Waals surface area contributed by atoms with Crippen molar-refractivity contribution < 1.29 is 9.59 Å². The molecule has 1 aromatic heterocycles. The van der Waals surface area contributed by atoms with Crippen molar-refractivity contribution >= 4 is 40.4 Å². The molecule has 0 aliphatic carbocycles. The van der Waals surface area contributed by atoms with E-state index in [4.69, 9.17) is 11.6 Å². The molecule has 0 bridgehead atoms. The van der Waals surface area contributed by atoms with Gasteiger partial charge in [-0.3, -0.25) is 9.59 Å². The third kappa shape index (κ3) is 6.32. The zero-order valence-corrected chi connectivity index (χ0v) is 22.9. The summed E-state index contributed by atoms with van der Waals surface area (Å²) in [6, 6.07) is 23.8. The monoisotopic (exact) mass is 543 g/mol. The highest BCUT2D eigenvalue weighted by Gasteiger charge is 2.26. The lowest BCUT2D eigenvalue weighted by atomic mass is 9.97. The number of carbonyl (C=O) groups excluding carboxylic acids is 2. The van der Waals surface area contributed by atoms with Gasteiger partial charge in [0.1, 0.15) is 5.69 Å². The molecular weight excluding hydrogens is 514 g/mol. The van der Waals surface area contributed by atoms with Crippen molar-refractivity contribution in [2.75, 3.05) is 18.4 Å². The summed E-state index contributed by atoms with van der Waals surface area (Å²) in [6.07, 6.45) is 2.88. The molecule has 2 heterocycles. The number of aryl methyl sites for hydroxylation is 2. The second-order valence-electron chi connectivity index (χ2n) is 9.72. The fourth-order valence-electron chi connectivity index (χ4n) is 4.82. The molecule has 1 saturated heterocycles. The van der Waals surface area contributed by atoms with Gasteiger partial charge >= 0.3 is 0 Å². The van der Waals surface area contributed by atoms with Crippen molar-refractivity contribution in [3.8, 4) is 11.1 Å². The van der Waals surface area contributed by atoms with Crippen molar-refractivity contribution in [1.82, 2.24) is 9.88 Å². The molecule has 5 nitrogen and oxygen atoms in total. The number of para-hydroxylation sites is 1. The maximum absolute atomic E-state index is 13.1. The van der Waals surface area contributed by atoms with E-state index in [2.05, 4.69) is 41.5 Å². The molecule has 1 N–H and O–H groups in total. The maximum atomic E-state index is 13.1. The Morgan fingerprint density at radius 1 is 1.03 bits per heavy atom. The second kappa shape index (κ2) is 11.9. The molecule has 2 amide bonds. The van der Waals surface area contributed by atoms with Crippen LogP contribution in [-0.4, -0.2) is 34.8 Å². The van der Waals surface area contributed by atoms with Gasteiger partial charge < -0.3 is 10.2 Å². The van der Waals surface area contributed by atoms with E-state index >= 15 is 0 Å². The Hall–Kier alpha value is -3.48. The number of likely N-dealkylation sites (tertiary alicyclic amines) is 1. The summed E-state index contributed by atoms with van der Waals surface area (Å²) in [5, 5.41) is 6.55. The number of nitrogens with one attached hydrogen (secondary N) is 1. The molecule has 1 aliphatic heterocycles. The minimum Gasteiger partial charge on any atom is -0.343 e. The highest BCUT2D eigenvalue weighted by atomic mass is 35.5. The first kappa shape index (κ1) is 26.1. The van der Waals surface area contributed by atoms with Crippen LogP contribution < -0.4 is 5.32 Å². The first-order valence-electron chi connectivity index (χ1n) is 12.9. The van der Waals surface area contributed by atoms with Crippen molar-refractivity contribution in [1.29, 1.82) is 0 Å². The predicted molar refractivity (Wildman–Crippen MR) is 155 cm³/mol. The molecule has 0 saturated carbocycles. The van der Waals surface area contributed by atoms with Crippen LogP contribution in [0.15, 0.2) is 78.2 Å². The number of nitrogens with zero attached hydrogens (tertiary/aromatic N) is 2. The molecule has 0 spiro atoms. The summed E-state index contributed by atoms with van der Waals surface area (Å²) in [6.45, 7) is 3.48. The summed E-state index contributed by atoms with van der Waals surface area (Å²) in [4.78, 5) is 32.4. The lowest BCUT2D eigenvalue weighted by Crippen LogP contribution is -2.38. The number of aromatic nitrogens is 1. The highest BCUT2D eigenvalue weighted by molar-refractivity contribution is 7.10. The molecule has 1 fully saturated rings. The van der Waals surface area contributed by atoms with E-state index in [0.29, 0.717) is 36.6 Å². The summed E-state index contributed by atoms with van der Waals surface area (Å²) in [5.74, 6) is 0.230. The Balaban J connectivity index is 1.16. The SMILES string of the molecule is Cc1ccc(-c2ccccc2NC(=O)c2csc(C3CCN(C(=O)CCc4cccc(Cl)c4)CC3)n2)cc1. The third-order valence-corrected chi connectivity index (χ3v) is 8.25. The zero-order chi connectivity index (χ0) is 26.5. The molecule has 3 aromatic carbocycles.